The van der Waals surface area contributed by atoms with Gasteiger partial charge in [-0.1, -0.05) is 30.3 Å². The molecule has 1 aliphatic rings. The number of hydrogen-bond donors (Lipinski definition) is 2. The van der Waals surface area contributed by atoms with Gasteiger partial charge in [0.15, 0.2) is 0 Å². The Morgan fingerprint density at radius 1 is 1.41 bits per heavy atom. The van der Waals surface area contributed by atoms with Gasteiger partial charge < -0.3 is 10.4 Å². The highest BCUT2D eigenvalue weighted by Crippen LogP contribution is 2.21. The highest BCUT2D eigenvalue weighted by Gasteiger charge is 2.24. The van der Waals surface area contributed by atoms with Crippen molar-refractivity contribution < 1.29 is 9.90 Å². The van der Waals surface area contributed by atoms with E-state index < -0.39 is 0 Å². The zero-order valence-electron chi connectivity index (χ0n) is 13.5. The molecule has 0 saturated carbocycles. The van der Waals surface area contributed by atoms with Crippen molar-refractivity contribution in [1.82, 2.24) is 10.2 Å². The molecule has 4 heteroatoms. The first kappa shape index (κ1) is 16.7. The number of benzene rings is 1. The van der Waals surface area contributed by atoms with Gasteiger partial charge in [0.05, 0.1) is 6.61 Å². The maximum Gasteiger partial charge on any atom is 0.246 e. The average molecular weight is 302 g/mol. The summed E-state index contributed by atoms with van der Waals surface area (Å²) < 4.78 is 0. The number of carbonyl (C=O) groups excluding carboxylic acids is 1. The molecule has 1 aliphatic heterocycles. The number of allylic oxidation sites excluding steroid dienone is 1. The third-order valence-corrected chi connectivity index (χ3v) is 4.43. The molecule has 0 spiro atoms. The van der Waals surface area contributed by atoms with E-state index in [2.05, 4.69) is 22.3 Å². The quantitative estimate of drug-likeness (QED) is 0.792. The van der Waals surface area contributed by atoms with Gasteiger partial charge in [-0.05, 0) is 44.4 Å². The van der Waals surface area contributed by atoms with Crippen molar-refractivity contribution >= 4 is 5.91 Å². The lowest BCUT2D eigenvalue weighted by molar-refractivity contribution is -0.117. The lowest BCUT2D eigenvalue weighted by atomic mass is 10.1. The summed E-state index contributed by atoms with van der Waals surface area (Å²) >= 11 is 0. The summed E-state index contributed by atoms with van der Waals surface area (Å²) in [5.74, 6) is -0.0216. The van der Waals surface area contributed by atoms with E-state index in [4.69, 9.17) is 0 Å². The van der Waals surface area contributed by atoms with Crippen LogP contribution in [0.3, 0.4) is 0 Å². The molecule has 1 saturated heterocycles. The molecule has 22 heavy (non-hydrogen) atoms. The van der Waals surface area contributed by atoms with Crippen LogP contribution in [0.2, 0.25) is 0 Å². The Balaban J connectivity index is 2.02. The molecule has 1 heterocycles. The molecule has 2 N–H and O–H groups in total. The monoisotopic (exact) mass is 302 g/mol. The summed E-state index contributed by atoms with van der Waals surface area (Å²) in [5.41, 5.74) is 3.10. The Labute approximate surface area is 132 Å². The maximum absolute atomic E-state index is 11.9. The van der Waals surface area contributed by atoms with E-state index in [-0.39, 0.29) is 18.6 Å². The van der Waals surface area contributed by atoms with Crippen LogP contribution in [0.25, 0.3) is 0 Å². The minimum absolute atomic E-state index is 0.0216. The number of rotatable bonds is 6. The second-order valence-corrected chi connectivity index (χ2v) is 5.87. The lowest BCUT2D eigenvalue weighted by Gasteiger charge is -2.24. The Kier molecular flexibility index (Phi) is 6.16. The zero-order chi connectivity index (χ0) is 15.9. The highest BCUT2D eigenvalue weighted by atomic mass is 16.3. The molecule has 1 fully saturated rings. The van der Waals surface area contributed by atoms with Crippen LogP contribution in [0.4, 0.5) is 0 Å². The van der Waals surface area contributed by atoms with Crippen LogP contribution in [-0.2, 0) is 17.9 Å². The number of nitrogens with one attached hydrogen (secondary N) is 1. The number of aliphatic hydroxyl groups excluding tert-OH is 1. The summed E-state index contributed by atoms with van der Waals surface area (Å²) in [4.78, 5) is 14.2. The molecule has 120 valence electrons. The van der Waals surface area contributed by atoms with Gasteiger partial charge >= 0.3 is 0 Å². The molecule has 4 nitrogen and oxygen atoms in total. The fourth-order valence-electron chi connectivity index (χ4n) is 2.86. The molecule has 1 aromatic rings. The molecule has 0 aromatic heterocycles. The van der Waals surface area contributed by atoms with Crippen molar-refractivity contribution in [3.8, 4) is 0 Å². The van der Waals surface area contributed by atoms with E-state index in [1.165, 1.54) is 5.56 Å². The second kappa shape index (κ2) is 8.11. The summed E-state index contributed by atoms with van der Waals surface area (Å²) in [5, 5.41) is 12.4. The first-order chi connectivity index (χ1) is 10.7. The molecule has 0 bridgehead atoms. The standard InChI is InChI=1S/C18H26N2O2/c1-3-14(2)18(22)19-11-15-7-4-5-8-16(15)12-20-10-6-9-17(20)13-21/h3-5,7-8,17,21H,6,9-13H2,1-2H3,(H,19,22)/b14-3+. The molecule has 1 atom stereocenters. The fraction of sp³-hybridized carbons (Fsp3) is 0.500. The summed E-state index contributed by atoms with van der Waals surface area (Å²) in [7, 11) is 0. The predicted molar refractivity (Wildman–Crippen MR) is 88.2 cm³/mol. The van der Waals surface area contributed by atoms with Crippen molar-refractivity contribution in [1.29, 1.82) is 0 Å². The van der Waals surface area contributed by atoms with E-state index in [9.17, 15) is 9.90 Å². The van der Waals surface area contributed by atoms with E-state index in [1.54, 1.807) is 0 Å². The second-order valence-electron chi connectivity index (χ2n) is 5.87. The first-order valence-corrected chi connectivity index (χ1v) is 7.98. The normalized spacial score (nSPS) is 19.4. The largest absolute Gasteiger partial charge is 0.395 e. The van der Waals surface area contributed by atoms with Crippen molar-refractivity contribution in [3.63, 3.8) is 0 Å². The van der Waals surface area contributed by atoms with Crippen LogP contribution in [0.15, 0.2) is 35.9 Å². The fourth-order valence-corrected chi connectivity index (χ4v) is 2.86. The number of amides is 1. The SMILES string of the molecule is C/C=C(\C)C(=O)NCc1ccccc1CN1CCCC1CO. The van der Waals surface area contributed by atoms with E-state index in [0.717, 1.165) is 37.1 Å². The van der Waals surface area contributed by atoms with Crippen molar-refractivity contribution in [2.75, 3.05) is 13.2 Å². The summed E-state index contributed by atoms with van der Waals surface area (Å²) in [6.07, 6.45) is 4.03. The molecular formula is C18H26N2O2. The van der Waals surface area contributed by atoms with Crippen LogP contribution in [0.1, 0.15) is 37.8 Å². The number of aliphatic hydroxyl groups is 1. The zero-order valence-corrected chi connectivity index (χ0v) is 13.5. The van der Waals surface area contributed by atoms with Crippen molar-refractivity contribution in [2.45, 2.75) is 45.8 Å². The topological polar surface area (TPSA) is 52.6 Å². The van der Waals surface area contributed by atoms with Gasteiger partial charge in [0.1, 0.15) is 0 Å². The van der Waals surface area contributed by atoms with E-state index in [0.29, 0.717) is 6.54 Å². The smallest absolute Gasteiger partial charge is 0.246 e. The van der Waals surface area contributed by atoms with Crippen molar-refractivity contribution in [3.05, 3.63) is 47.0 Å². The minimum atomic E-state index is -0.0216. The summed E-state index contributed by atoms with van der Waals surface area (Å²) in [6, 6.07) is 8.47. The van der Waals surface area contributed by atoms with E-state index in [1.807, 2.05) is 32.1 Å². The Morgan fingerprint density at radius 2 is 2.14 bits per heavy atom. The molecule has 0 radical (unpaired) electrons. The van der Waals surface area contributed by atoms with Crippen LogP contribution in [0, 0.1) is 0 Å². The molecule has 1 amide bonds. The molecular weight excluding hydrogens is 276 g/mol. The first-order valence-electron chi connectivity index (χ1n) is 7.98. The maximum atomic E-state index is 11.9. The number of hydrogen-bond acceptors (Lipinski definition) is 3. The van der Waals surface area contributed by atoms with Crippen LogP contribution in [-0.4, -0.2) is 35.1 Å². The average Bonchev–Trinajstić information content (AvgIpc) is 3.00. The minimum Gasteiger partial charge on any atom is -0.395 e. The van der Waals surface area contributed by atoms with Gasteiger partial charge in [-0.25, -0.2) is 0 Å². The van der Waals surface area contributed by atoms with Crippen molar-refractivity contribution in [2.24, 2.45) is 0 Å². The molecule has 1 unspecified atom stereocenters. The number of carbonyl (C=O) groups is 1. The lowest BCUT2D eigenvalue weighted by Crippen LogP contribution is -2.32. The number of likely N-dealkylation sites (tertiary alicyclic amines) is 1. The van der Waals surface area contributed by atoms with Gasteiger partial charge in [-0.3, -0.25) is 9.69 Å². The third kappa shape index (κ3) is 4.18. The van der Waals surface area contributed by atoms with Crippen LogP contribution >= 0.6 is 0 Å². The molecule has 1 aromatic carbocycles. The van der Waals surface area contributed by atoms with Crippen LogP contribution in [0.5, 0.6) is 0 Å². The Hall–Kier alpha value is -1.65. The van der Waals surface area contributed by atoms with E-state index >= 15 is 0 Å². The molecule has 0 aliphatic carbocycles. The van der Waals surface area contributed by atoms with Gasteiger partial charge in [0.25, 0.3) is 0 Å². The Morgan fingerprint density at radius 3 is 2.82 bits per heavy atom. The van der Waals surface area contributed by atoms with Gasteiger partial charge in [0, 0.05) is 24.7 Å². The predicted octanol–water partition coefficient (Wildman–Crippen LogP) is 2.23. The van der Waals surface area contributed by atoms with Gasteiger partial charge in [-0.2, -0.15) is 0 Å². The number of nitrogens with zero attached hydrogens (tertiary/aromatic N) is 1. The Bertz CT molecular complexity index is 540. The van der Waals surface area contributed by atoms with Gasteiger partial charge in [-0.15, -0.1) is 0 Å². The third-order valence-electron chi connectivity index (χ3n) is 4.43. The highest BCUT2D eigenvalue weighted by molar-refractivity contribution is 5.92. The van der Waals surface area contributed by atoms with Crippen LogP contribution < -0.4 is 5.32 Å². The summed E-state index contributed by atoms with van der Waals surface area (Å²) in [6.45, 7) is 6.31. The van der Waals surface area contributed by atoms with Gasteiger partial charge in [0.2, 0.25) is 5.91 Å². The molecule has 2 rings (SSSR count).